The minimum Gasteiger partial charge on any atom is -0.469 e. The molecule has 1 aliphatic rings. The Morgan fingerprint density at radius 1 is 1.43 bits per heavy atom. The summed E-state index contributed by atoms with van der Waals surface area (Å²) in [4.78, 5) is 10.8. The average Bonchev–Trinajstić information content (AvgIpc) is 2.25. The van der Waals surface area contributed by atoms with Gasteiger partial charge in [0.1, 0.15) is 0 Å². The van der Waals surface area contributed by atoms with Crippen LogP contribution in [0, 0.1) is 5.92 Å². The molecule has 80 valence electrons. The van der Waals surface area contributed by atoms with Gasteiger partial charge >= 0.3 is 5.97 Å². The van der Waals surface area contributed by atoms with Crippen molar-refractivity contribution < 1.29 is 14.3 Å². The van der Waals surface area contributed by atoms with Crippen molar-refractivity contribution in [3.05, 3.63) is 12.2 Å². The fourth-order valence-corrected chi connectivity index (χ4v) is 1.53. The van der Waals surface area contributed by atoms with Gasteiger partial charge in [-0.15, -0.1) is 0 Å². The smallest absolute Gasteiger partial charge is 0.309 e. The first-order chi connectivity index (χ1) is 6.83. The van der Waals surface area contributed by atoms with Gasteiger partial charge in [0.25, 0.3) is 0 Å². The molecule has 0 aliphatic carbocycles. The van der Waals surface area contributed by atoms with E-state index in [1.807, 2.05) is 6.08 Å². The Morgan fingerprint density at radius 3 is 2.79 bits per heavy atom. The molecule has 0 N–H and O–H groups in total. The molecule has 0 aromatic heterocycles. The lowest BCUT2D eigenvalue weighted by Gasteiger charge is -2.20. The molecule has 1 heterocycles. The third-order valence-corrected chi connectivity index (χ3v) is 2.49. The van der Waals surface area contributed by atoms with Crippen molar-refractivity contribution in [1.29, 1.82) is 0 Å². The van der Waals surface area contributed by atoms with E-state index in [-0.39, 0.29) is 5.97 Å². The molecular weight excluding hydrogens is 180 g/mol. The number of hydrogen-bond donors (Lipinski definition) is 0. The molecule has 1 aliphatic heterocycles. The predicted molar refractivity (Wildman–Crippen MR) is 53.9 cm³/mol. The lowest BCUT2D eigenvalue weighted by Crippen LogP contribution is -2.14. The summed E-state index contributed by atoms with van der Waals surface area (Å²) < 4.78 is 9.80. The Morgan fingerprint density at radius 2 is 2.14 bits per heavy atom. The first-order valence-corrected chi connectivity index (χ1v) is 5.12. The van der Waals surface area contributed by atoms with E-state index in [1.165, 1.54) is 7.11 Å². The summed E-state index contributed by atoms with van der Waals surface area (Å²) >= 11 is 0. The summed E-state index contributed by atoms with van der Waals surface area (Å²) in [6.07, 6.45) is 7.69. The first-order valence-electron chi connectivity index (χ1n) is 5.12. The lowest BCUT2D eigenvalue weighted by atomic mass is 9.96. The number of allylic oxidation sites excluding steroid dienone is 1. The summed E-state index contributed by atoms with van der Waals surface area (Å²) in [6, 6.07) is 0. The monoisotopic (exact) mass is 198 g/mol. The maximum atomic E-state index is 10.8. The molecule has 0 aromatic rings. The van der Waals surface area contributed by atoms with Gasteiger partial charge in [-0.25, -0.2) is 0 Å². The van der Waals surface area contributed by atoms with E-state index in [4.69, 9.17) is 4.74 Å². The maximum Gasteiger partial charge on any atom is 0.309 e. The fourth-order valence-electron chi connectivity index (χ4n) is 1.53. The van der Waals surface area contributed by atoms with E-state index in [1.54, 1.807) is 0 Å². The van der Waals surface area contributed by atoms with Crippen LogP contribution >= 0.6 is 0 Å². The Hall–Kier alpha value is -0.830. The molecule has 1 fully saturated rings. The molecule has 0 spiro atoms. The van der Waals surface area contributed by atoms with Crippen molar-refractivity contribution in [2.75, 3.05) is 20.3 Å². The zero-order valence-corrected chi connectivity index (χ0v) is 8.70. The number of ether oxygens (including phenoxy) is 2. The van der Waals surface area contributed by atoms with Crippen LogP contribution in [0.15, 0.2) is 12.2 Å². The van der Waals surface area contributed by atoms with Crippen molar-refractivity contribution in [1.82, 2.24) is 0 Å². The topological polar surface area (TPSA) is 35.5 Å². The van der Waals surface area contributed by atoms with Crippen LogP contribution in [-0.4, -0.2) is 26.3 Å². The Bertz CT molecular complexity index is 193. The van der Waals surface area contributed by atoms with Crippen LogP contribution in [0.4, 0.5) is 0 Å². The number of methoxy groups -OCH3 is 1. The van der Waals surface area contributed by atoms with Crippen molar-refractivity contribution in [3.8, 4) is 0 Å². The van der Waals surface area contributed by atoms with Crippen LogP contribution in [0.3, 0.4) is 0 Å². The average molecular weight is 198 g/mol. The number of carbonyl (C=O) groups is 1. The van der Waals surface area contributed by atoms with Crippen LogP contribution in [0.25, 0.3) is 0 Å². The predicted octanol–water partition coefficient (Wildman–Crippen LogP) is 1.92. The van der Waals surface area contributed by atoms with Gasteiger partial charge < -0.3 is 9.47 Å². The molecule has 3 heteroatoms. The van der Waals surface area contributed by atoms with Gasteiger partial charge in [-0.1, -0.05) is 12.2 Å². The van der Waals surface area contributed by atoms with Gasteiger partial charge in [-0.3, -0.25) is 4.79 Å². The minimum absolute atomic E-state index is 0.173. The molecule has 0 aromatic carbocycles. The molecule has 0 bridgehead atoms. The van der Waals surface area contributed by atoms with Crippen LogP contribution in [0.1, 0.15) is 25.7 Å². The molecule has 1 saturated heterocycles. The zero-order chi connectivity index (χ0) is 10.2. The number of rotatable bonds is 4. The van der Waals surface area contributed by atoms with Crippen LogP contribution in [0.5, 0.6) is 0 Å². The van der Waals surface area contributed by atoms with E-state index in [0.717, 1.165) is 38.4 Å². The summed E-state index contributed by atoms with van der Waals surface area (Å²) in [6.45, 7) is 1.77. The molecule has 0 amide bonds. The summed E-state index contributed by atoms with van der Waals surface area (Å²) in [5.41, 5.74) is 0. The largest absolute Gasteiger partial charge is 0.469 e. The standard InChI is InChI=1S/C11H18O3/c1-13-11(12)5-3-2-4-10-6-8-14-9-7-10/h2-3,10H,4-9H2,1H3/b3-2-. The van der Waals surface area contributed by atoms with Crippen LogP contribution in [-0.2, 0) is 14.3 Å². The second kappa shape index (κ2) is 6.60. The molecule has 0 atom stereocenters. The Kier molecular flexibility index (Phi) is 5.30. The van der Waals surface area contributed by atoms with E-state index in [2.05, 4.69) is 10.8 Å². The quantitative estimate of drug-likeness (QED) is 0.511. The lowest BCUT2D eigenvalue weighted by molar-refractivity contribution is -0.139. The Balaban J connectivity index is 2.09. The third-order valence-electron chi connectivity index (χ3n) is 2.49. The SMILES string of the molecule is COC(=O)C/C=C\CC1CCOCC1. The van der Waals surface area contributed by atoms with Gasteiger partial charge in [-0.2, -0.15) is 0 Å². The number of esters is 1. The molecule has 0 unspecified atom stereocenters. The summed E-state index contributed by atoms with van der Waals surface area (Å²) in [7, 11) is 1.41. The molecule has 1 rings (SSSR count). The molecule has 14 heavy (non-hydrogen) atoms. The normalized spacial score (nSPS) is 18.6. The van der Waals surface area contributed by atoms with Crippen molar-refractivity contribution in [2.45, 2.75) is 25.7 Å². The van der Waals surface area contributed by atoms with Gasteiger partial charge in [0, 0.05) is 13.2 Å². The highest BCUT2D eigenvalue weighted by Gasteiger charge is 2.11. The number of carbonyl (C=O) groups excluding carboxylic acids is 1. The highest BCUT2D eigenvalue weighted by Crippen LogP contribution is 2.18. The summed E-state index contributed by atoms with van der Waals surface area (Å²) in [5.74, 6) is 0.561. The summed E-state index contributed by atoms with van der Waals surface area (Å²) in [5, 5.41) is 0. The van der Waals surface area contributed by atoms with Crippen molar-refractivity contribution in [3.63, 3.8) is 0 Å². The molecule has 3 nitrogen and oxygen atoms in total. The van der Waals surface area contributed by atoms with E-state index >= 15 is 0 Å². The van der Waals surface area contributed by atoms with E-state index in [0.29, 0.717) is 6.42 Å². The van der Waals surface area contributed by atoms with Gasteiger partial charge in [-0.05, 0) is 25.2 Å². The van der Waals surface area contributed by atoms with Gasteiger partial charge in [0.15, 0.2) is 0 Å². The van der Waals surface area contributed by atoms with Crippen molar-refractivity contribution in [2.24, 2.45) is 5.92 Å². The number of hydrogen-bond acceptors (Lipinski definition) is 3. The second-order valence-electron chi connectivity index (χ2n) is 3.54. The Labute approximate surface area is 85.1 Å². The molecular formula is C11H18O3. The van der Waals surface area contributed by atoms with E-state index in [9.17, 15) is 4.79 Å². The fraction of sp³-hybridized carbons (Fsp3) is 0.727. The zero-order valence-electron chi connectivity index (χ0n) is 8.70. The van der Waals surface area contributed by atoms with Crippen LogP contribution in [0.2, 0.25) is 0 Å². The third kappa shape index (κ3) is 4.42. The van der Waals surface area contributed by atoms with E-state index < -0.39 is 0 Å². The highest BCUT2D eigenvalue weighted by molar-refractivity contribution is 5.70. The van der Waals surface area contributed by atoms with Gasteiger partial charge in [0.2, 0.25) is 0 Å². The molecule has 0 saturated carbocycles. The highest BCUT2D eigenvalue weighted by atomic mass is 16.5. The van der Waals surface area contributed by atoms with Gasteiger partial charge in [0.05, 0.1) is 13.5 Å². The molecule has 0 radical (unpaired) electrons. The second-order valence-corrected chi connectivity index (χ2v) is 3.54. The minimum atomic E-state index is -0.173. The van der Waals surface area contributed by atoms with Crippen molar-refractivity contribution >= 4 is 5.97 Å². The van der Waals surface area contributed by atoms with Crippen LogP contribution < -0.4 is 0 Å². The maximum absolute atomic E-state index is 10.8. The first kappa shape index (κ1) is 11.2.